The van der Waals surface area contributed by atoms with E-state index in [0.29, 0.717) is 6.42 Å². The van der Waals surface area contributed by atoms with Crippen LogP contribution >= 0.6 is 0 Å². The van der Waals surface area contributed by atoms with Crippen molar-refractivity contribution in [3.63, 3.8) is 0 Å². The second-order valence-corrected chi connectivity index (χ2v) is 4.27. The molecule has 1 atom stereocenters. The van der Waals surface area contributed by atoms with Gasteiger partial charge < -0.3 is 9.64 Å². The van der Waals surface area contributed by atoms with E-state index in [2.05, 4.69) is 30.0 Å². The predicted molar refractivity (Wildman–Crippen MR) is 69.0 cm³/mol. The number of hydrogen-bond donors (Lipinski definition) is 0. The van der Waals surface area contributed by atoms with Crippen molar-refractivity contribution < 1.29 is 4.74 Å². The highest BCUT2D eigenvalue weighted by Crippen LogP contribution is 2.31. The van der Waals surface area contributed by atoms with Crippen molar-refractivity contribution in [3.05, 3.63) is 29.3 Å². The summed E-state index contributed by atoms with van der Waals surface area (Å²) < 4.78 is 5.39. The molecule has 0 aliphatic rings. The quantitative estimate of drug-likeness (QED) is 0.783. The average molecular weight is 232 g/mol. The molecule has 0 amide bonds. The molecule has 0 bridgehead atoms. The topological polar surface area (TPSA) is 36.3 Å². The van der Waals surface area contributed by atoms with Gasteiger partial charge in [0.2, 0.25) is 0 Å². The Hall–Kier alpha value is -1.53. The maximum absolute atomic E-state index is 8.92. The van der Waals surface area contributed by atoms with E-state index in [-0.39, 0.29) is 6.04 Å². The normalized spacial score (nSPS) is 12.2. The van der Waals surface area contributed by atoms with E-state index >= 15 is 0 Å². The number of aryl methyl sites for hydroxylation is 1. The minimum atomic E-state index is 0.0847. The maximum Gasteiger partial charge on any atom is 0.123 e. The molecule has 0 aromatic heterocycles. The van der Waals surface area contributed by atoms with Crippen molar-refractivity contribution >= 4 is 0 Å². The zero-order valence-corrected chi connectivity index (χ0v) is 11.0. The van der Waals surface area contributed by atoms with Crippen LogP contribution in [0.5, 0.6) is 5.75 Å². The summed E-state index contributed by atoms with van der Waals surface area (Å²) in [6.07, 6.45) is 1.46. The molecule has 0 aliphatic heterocycles. The summed E-state index contributed by atoms with van der Waals surface area (Å²) in [4.78, 5) is 2.06. The fourth-order valence-corrected chi connectivity index (χ4v) is 1.92. The van der Waals surface area contributed by atoms with Crippen LogP contribution < -0.4 is 4.74 Å². The zero-order chi connectivity index (χ0) is 12.8. The average Bonchev–Trinajstić information content (AvgIpc) is 2.34. The second-order valence-electron chi connectivity index (χ2n) is 4.27. The largest absolute Gasteiger partial charge is 0.496 e. The molecule has 17 heavy (non-hydrogen) atoms. The minimum Gasteiger partial charge on any atom is -0.496 e. The lowest BCUT2D eigenvalue weighted by Gasteiger charge is -2.24. The van der Waals surface area contributed by atoms with Crippen molar-refractivity contribution in [2.75, 3.05) is 21.2 Å². The minimum absolute atomic E-state index is 0.0847. The van der Waals surface area contributed by atoms with Gasteiger partial charge >= 0.3 is 0 Å². The molecule has 92 valence electrons. The summed E-state index contributed by atoms with van der Waals surface area (Å²) in [5, 5.41) is 8.92. The van der Waals surface area contributed by atoms with E-state index in [4.69, 9.17) is 10.00 Å². The van der Waals surface area contributed by atoms with Crippen molar-refractivity contribution in [1.82, 2.24) is 4.90 Å². The van der Waals surface area contributed by atoms with Crippen LogP contribution in [0.4, 0.5) is 0 Å². The van der Waals surface area contributed by atoms with Crippen molar-refractivity contribution in [2.24, 2.45) is 0 Å². The molecular formula is C14H20N2O. The van der Waals surface area contributed by atoms with E-state index < -0.39 is 0 Å². The number of methoxy groups -OCH3 is 1. The Morgan fingerprint density at radius 2 is 2.12 bits per heavy atom. The van der Waals surface area contributed by atoms with Gasteiger partial charge in [-0.1, -0.05) is 19.1 Å². The molecule has 0 saturated carbocycles. The fourth-order valence-electron chi connectivity index (χ4n) is 1.92. The molecule has 0 fully saturated rings. The molecule has 0 radical (unpaired) electrons. The molecule has 0 saturated heterocycles. The summed E-state index contributed by atoms with van der Waals surface area (Å²) in [5.41, 5.74) is 2.36. The van der Waals surface area contributed by atoms with Crippen LogP contribution in [0.2, 0.25) is 0 Å². The number of nitrogens with zero attached hydrogens (tertiary/aromatic N) is 2. The standard InChI is InChI=1S/C14H20N2O/c1-5-11-6-7-14(17-4)12(10-11)13(8-9-15)16(2)3/h6-7,10,13H,5,8H2,1-4H3. The molecule has 0 aliphatic carbocycles. The number of ether oxygens (including phenoxy) is 1. The molecule has 1 rings (SSSR count). The van der Waals surface area contributed by atoms with Crippen molar-refractivity contribution in [3.8, 4) is 11.8 Å². The molecular weight excluding hydrogens is 212 g/mol. The van der Waals surface area contributed by atoms with Gasteiger partial charge in [0.1, 0.15) is 5.75 Å². The Morgan fingerprint density at radius 1 is 1.41 bits per heavy atom. The number of rotatable bonds is 5. The van der Waals surface area contributed by atoms with Gasteiger partial charge in [0.05, 0.1) is 25.6 Å². The summed E-state index contributed by atoms with van der Waals surface area (Å²) in [5.74, 6) is 0.858. The molecule has 0 heterocycles. The summed E-state index contributed by atoms with van der Waals surface area (Å²) in [7, 11) is 5.64. The van der Waals surface area contributed by atoms with Crippen LogP contribution in [-0.2, 0) is 6.42 Å². The molecule has 3 nitrogen and oxygen atoms in total. The first-order valence-corrected chi connectivity index (χ1v) is 5.84. The Bertz CT molecular complexity index is 407. The first kappa shape index (κ1) is 13.5. The maximum atomic E-state index is 8.92. The predicted octanol–water partition coefficient (Wildman–Crippen LogP) is 2.77. The lowest BCUT2D eigenvalue weighted by atomic mass is 9.99. The van der Waals surface area contributed by atoms with Gasteiger partial charge in [0, 0.05) is 5.56 Å². The lowest BCUT2D eigenvalue weighted by Crippen LogP contribution is -2.20. The van der Waals surface area contributed by atoms with Gasteiger partial charge in [-0.25, -0.2) is 0 Å². The zero-order valence-electron chi connectivity index (χ0n) is 11.0. The molecule has 1 aromatic rings. The van der Waals surface area contributed by atoms with E-state index in [1.165, 1.54) is 5.56 Å². The summed E-state index contributed by atoms with van der Waals surface area (Å²) >= 11 is 0. The fraction of sp³-hybridized carbons (Fsp3) is 0.500. The third-order valence-electron chi connectivity index (χ3n) is 2.97. The number of hydrogen-bond acceptors (Lipinski definition) is 3. The Balaban J connectivity index is 3.19. The summed E-state index contributed by atoms with van der Waals surface area (Å²) in [6, 6.07) is 8.52. The first-order chi connectivity index (χ1) is 8.13. The third kappa shape index (κ3) is 3.21. The van der Waals surface area contributed by atoms with E-state index in [9.17, 15) is 0 Å². The third-order valence-corrected chi connectivity index (χ3v) is 2.97. The van der Waals surface area contributed by atoms with Crippen molar-refractivity contribution in [1.29, 1.82) is 5.26 Å². The van der Waals surface area contributed by atoms with E-state index in [1.54, 1.807) is 7.11 Å². The Labute approximate surface area is 104 Å². The summed E-state index contributed by atoms with van der Waals surface area (Å²) in [6.45, 7) is 2.13. The highest BCUT2D eigenvalue weighted by Gasteiger charge is 2.18. The van der Waals surface area contributed by atoms with Gasteiger partial charge in [-0.15, -0.1) is 0 Å². The van der Waals surface area contributed by atoms with Crippen LogP contribution in [0.3, 0.4) is 0 Å². The van der Waals surface area contributed by atoms with Crippen LogP contribution in [0.25, 0.3) is 0 Å². The highest BCUT2D eigenvalue weighted by molar-refractivity contribution is 5.40. The van der Waals surface area contributed by atoms with Gasteiger partial charge in [-0.05, 0) is 32.1 Å². The monoisotopic (exact) mass is 232 g/mol. The molecule has 1 aromatic carbocycles. The highest BCUT2D eigenvalue weighted by atomic mass is 16.5. The number of nitriles is 1. The van der Waals surface area contributed by atoms with Gasteiger partial charge in [-0.3, -0.25) is 0 Å². The number of benzene rings is 1. The SMILES string of the molecule is CCc1ccc(OC)c(C(CC#N)N(C)C)c1. The van der Waals surface area contributed by atoms with E-state index in [0.717, 1.165) is 17.7 Å². The first-order valence-electron chi connectivity index (χ1n) is 5.84. The molecule has 3 heteroatoms. The Kier molecular flexibility index (Phi) is 4.99. The van der Waals surface area contributed by atoms with Crippen LogP contribution in [0, 0.1) is 11.3 Å². The van der Waals surface area contributed by atoms with Gasteiger partial charge in [-0.2, -0.15) is 5.26 Å². The smallest absolute Gasteiger partial charge is 0.123 e. The van der Waals surface area contributed by atoms with Gasteiger partial charge in [0.15, 0.2) is 0 Å². The molecule has 1 unspecified atom stereocenters. The van der Waals surface area contributed by atoms with Crippen LogP contribution in [0.15, 0.2) is 18.2 Å². The lowest BCUT2D eigenvalue weighted by molar-refractivity contribution is 0.292. The van der Waals surface area contributed by atoms with E-state index in [1.807, 2.05) is 20.2 Å². The van der Waals surface area contributed by atoms with Crippen molar-refractivity contribution in [2.45, 2.75) is 25.8 Å². The molecule has 0 spiro atoms. The van der Waals surface area contributed by atoms with Crippen LogP contribution in [0.1, 0.15) is 30.5 Å². The van der Waals surface area contributed by atoms with Gasteiger partial charge in [0.25, 0.3) is 0 Å². The van der Waals surface area contributed by atoms with Crippen LogP contribution in [-0.4, -0.2) is 26.1 Å². The Morgan fingerprint density at radius 3 is 2.59 bits per heavy atom. The second kappa shape index (κ2) is 6.27. The molecule has 0 N–H and O–H groups in total.